The Morgan fingerprint density at radius 1 is 1.15 bits per heavy atom. The van der Waals surface area contributed by atoms with E-state index >= 15 is 0 Å². The van der Waals surface area contributed by atoms with Gasteiger partial charge in [-0.2, -0.15) is 13.2 Å². The van der Waals surface area contributed by atoms with Crippen molar-refractivity contribution in [3.8, 4) is 5.69 Å². The number of carbonyl (C=O) groups excluding carboxylic acids is 1. The summed E-state index contributed by atoms with van der Waals surface area (Å²) in [5.41, 5.74) is 2.05. The second-order valence-electron chi connectivity index (χ2n) is 6.02. The number of aryl methyl sites for hydroxylation is 1. The van der Waals surface area contributed by atoms with Crippen LogP contribution >= 0.6 is 15.9 Å². The quantitative estimate of drug-likeness (QED) is 0.672. The molecule has 0 radical (unpaired) electrons. The lowest BCUT2D eigenvalue weighted by atomic mass is 10.2. The number of carbonyl (C=O) groups is 1. The van der Waals surface area contributed by atoms with Crippen LogP contribution in [0.5, 0.6) is 0 Å². The van der Waals surface area contributed by atoms with Gasteiger partial charge in [0.25, 0.3) is 0 Å². The number of hydrogen-bond acceptors (Lipinski definition) is 2. The predicted molar refractivity (Wildman–Crippen MR) is 99.0 cm³/mol. The maximum atomic E-state index is 12.9. The average molecular weight is 442 g/mol. The summed E-state index contributed by atoms with van der Waals surface area (Å²) in [5.74, 6) is -0.885. The van der Waals surface area contributed by atoms with Crippen LogP contribution in [0.15, 0.2) is 51.7 Å². The molecule has 5 nitrogen and oxygen atoms in total. The van der Waals surface area contributed by atoms with Gasteiger partial charge >= 0.3 is 11.9 Å². The summed E-state index contributed by atoms with van der Waals surface area (Å²) in [6.07, 6.45) is -4.51. The lowest BCUT2D eigenvalue weighted by molar-refractivity contribution is -0.138. The summed E-state index contributed by atoms with van der Waals surface area (Å²) in [4.78, 5) is 24.8. The number of nitrogens with one attached hydrogen (secondary N) is 1. The molecule has 0 spiro atoms. The third kappa shape index (κ3) is 4.08. The van der Waals surface area contributed by atoms with E-state index in [4.69, 9.17) is 0 Å². The highest BCUT2D eigenvalue weighted by atomic mass is 79.9. The molecule has 9 heteroatoms. The molecule has 0 bridgehead atoms. The minimum absolute atomic E-state index is 0.463. The highest BCUT2D eigenvalue weighted by Gasteiger charge is 2.28. The van der Waals surface area contributed by atoms with Crippen molar-refractivity contribution in [3.63, 3.8) is 0 Å². The Kier molecular flexibility index (Phi) is 5.14. The van der Waals surface area contributed by atoms with Crippen molar-refractivity contribution >= 4 is 32.9 Å². The third-order valence-electron chi connectivity index (χ3n) is 4.02. The molecule has 0 atom stereocenters. The Morgan fingerprint density at radius 2 is 1.81 bits per heavy atom. The van der Waals surface area contributed by atoms with Gasteiger partial charge in [0.05, 0.1) is 16.7 Å². The number of imidazole rings is 1. The average Bonchev–Trinajstić information content (AvgIpc) is 2.87. The van der Waals surface area contributed by atoms with E-state index in [-0.39, 0.29) is 0 Å². The highest BCUT2D eigenvalue weighted by molar-refractivity contribution is 9.10. The maximum Gasteiger partial charge on any atom is 0.405 e. The summed E-state index contributed by atoms with van der Waals surface area (Å²) < 4.78 is 40.4. The first-order valence-electron chi connectivity index (χ1n) is 7.97. The molecule has 1 amide bonds. The Morgan fingerprint density at radius 3 is 2.44 bits per heavy atom. The second-order valence-corrected chi connectivity index (χ2v) is 6.87. The van der Waals surface area contributed by atoms with Gasteiger partial charge in [0.1, 0.15) is 13.1 Å². The van der Waals surface area contributed by atoms with Crippen LogP contribution < -0.4 is 11.0 Å². The lowest BCUT2D eigenvalue weighted by Gasteiger charge is -2.08. The first kappa shape index (κ1) is 19.2. The van der Waals surface area contributed by atoms with Crippen LogP contribution in [0.1, 0.15) is 5.56 Å². The first-order valence-corrected chi connectivity index (χ1v) is 8.77. The molecular formula is C18H15BrF3N3O2. The van der Waals surface area contributed by atoms with Crippen molar-refractivity contribution in [1.82, 2.24) is 14.5 Å². The zero-order chi connectivity index (χ0) is 19.8. The molecule has 1 heterocycles. The number of aromatic nitrogens is 2. The van der Waals surface area contributed by atoms with Crippen molar-refractivity contribution in [2.24, 2.45) is 0 Å². The maximum absolute atomic E-state index is 12.9. The van der Waals surface area contributed by atoms with E-state index in [2.05, 4.69) is 15.9 Å². The first-order chi connectivity index (χ1) is 12.7. The zero-order valence-electron chi connectivity index (χ0n) is 14.2. The Labute approximate surface area is 160 Å². The Balaban J connectivity index is 2.05. The van der Waals surface area contributed by atoms with E-state index in [0.29, 0.717) is 16.7 Å². The van der Waals surface area contributed by atoms with Gasteiger partial charge in [-0.25, -0.2) is 4.79 Å². The number of hydrogen-bond donors (Lipinski definition) is 1. The van der Waals surface area contributed by atoms with Crippen molar-refractivity contribution in [3.05, 3.63) is 63.0 Å². The highest BCUT2D eigenvalue weighted by Crippen LogP contribution is 2.22. The monoisotopic (exact) mass is 441 g/mol. The third-order valence-corrected chi connectivity index (χ3v) is 4.91. The van der Waals surface area contributed by atoms with Gasteiger partial charge in [0.15, 0.2) is 0 Å². The van der Waals surface area contributed by atoms with E-state index in [1.54, 1.807) is 41.7 Å². The van der Waals surface area contributed by atoms with Crippen LogP contribution in [0.3, 0.4) is 0 Å². The molecule has 142 valence electrons. The van der Waals surface area contributed by atoms with Gasteiger partial charge < -0.3 is 5.32 Å². The van der Waals surface area contributed by atoms with Gasteiger partial charge in [0.2, 0.25) is 5.91 Å². The van der Waals surface area contributed by atoms with Crippen molar-refractivity contribution < 1.29 is 18.0 Å². The van der Waals surface area contributed by atoms with E-state index in [9.17, 15) is 22.8 Å². The molecule has 1 aromatic heterocycles. The van der Waals surface area contributed by atoms with Crippen LogP contribution in [0.25, 0.3) is 16.7 Å². The molecular weight excluding hydrogens is 427 g/mol. The van der Waals surface area contributed by atoms with Crippen molar-refractivity contribution in [2.75, 3.05) is 6.54 Å². The van der Waals surface area contributed by atoms with Crippen molar-refractivity contribution in [2.45, 2.75) is 19.6 Å². The predicted octanol–water partition coefficient (Wildman–Crippen LogP) is 3.54. The molecule has 0 aliphatic heterocycles. The fraction of sp³-hybridized carbons (Fsp3) is 0.222. The smallest absolute Gasteiger partial charge is 0.345 e. The molecule has 3 aromatic rings. The minimum Gasteiger partial charge on any atom is -0.345 e. The molecule has 0 aliphatic rings. The molecule has 0 unspecified atom stereocenters. The van der Waals surface area contributed by atoms with Gasteiger partial charge in [-0.15, -0.1) is 0 Å². The molecule has 0 aliphatic carbocycles. The number of amides is 1. The van der Waals surface area contributed by atoms with E-state index in [0.717, 1.165) is 10.0 Å². The number of para-hydroxylation sites is 2. The van der Waals surface area contributed by atoms with E-state index < -0.39 is 30.9 Å². The summed E-state index contributed by atoms with van der Waals surface area (Å²) in [7, 11) is 0. The molecule has 2 aromatic carbocycles. The summed E-state index contributed by atoms with van der Waals surface area (Å²) in [5, 5.41) is 1.79. The molecule has 1 N–H and O–H groups in total. The van der Waals surface area contributed by atoms with Gasteiger partial charge in [0, 0.05) is 4.47 Å². The topological polar surface area (TPSA) is 56.0 Å². The number of nitrogens with zero attached hydrogens (tertiary/aromatic N) is 2. The summed E-state index contributed by atoms with van der Waals surface area (Å²) in [6, 6.07) is 12.2. The second kappa shape index (κ2) is 7.22. The lowest BCUT2D eigenvalue weighted by Crippen LogP contribution is -2.37. The van der Waals surface area contributed by atoms with Gasteiger partial charge in [-0.1, -0.05) is 28.1 Å². The number of rotatable bonds is 4. The summed E-state index contributed by atoms with van der Waals surface area (Å²) >= 11 is 3.40. The zero-order valence-corrected chi connectivity index (χ0v) is 15.8. The van der Waals surface area contributed by atoms with Gasteiger partial charge in [-0.3, -0.25) is 13.9 Å². The number of benzene rings is 2. The van der Waals surface area contributed by atoms with E-state index in [1.165, 1.54) is 9.13 Å². The fourth-order valence-electron chi connectivity index (χ4n) is 2.78. The van der Waals surface area contributed by atoms with Crippen LogP contribution in [-0.2, 0) is 11.3 Å². The molecule has 0 saturated carbocycles. The van der Waals surface area contributed by atoms with Crippen LogP contribution in [-0.4, -0.2) is 27.8 Å². The Hall–Kier alpha value is -2.55. The Bertz CT molecular complexity index is 1070. The van der Waals surface area contributed by atoms with Gasteiger partial charge in [-0.05, 0) is 42.8 Å². The van der Waals surface area contributed by atoms with Crippen LogP contribution in [0.2, 0.25) is 0 Å². The summed E-state index contributed by atoms with van der Waals surface area (Å²) in [6.45, 7) is -0.0640. The molecule has 0 saturated heterocycles. The van der Waals surface area contributed by atoms with E-state index in [1.807, 2.05) is 13.0 Å². The molecule has 0 fully saturated rings. The van der Waals surface area contributed by atoms with Crippen LogP contribution in [0.4, 0.5) is 13.2 Å². The molecule has 27 heavy (non-hydrogen) atoms. The number of halogens is 4. The largest absolute Gasteiger partial charge is 0.405 e. The fourth-order valence-corrected chi connectivity index (χ4v) is 3.02. The standard InChI is InChI=1S/C18H15BrF3N3O2/c1-11-8-12(6-7-13(11)19)25-15-5-3-2-4-14(15)24(17(25)27)9-16(26)23-10-18(20,21)22/h2-8H,9-10H2,1H3,(H,23,26). The number of alkyl halides is 3. The van der Waals surface area contributed by atoms with Crippen molar-refractivity contribution in [1.29, 1.82) is 0 Å². The normalized spacial score (nSPS) is 11.7. The number of fused-ring (bicyclic) bond motifs is 1. The molecule has 3 rings (SSSR count). The SMILES string of the molecule is Cc1cc(-n2c(=O)n(CC(=O)NCC(F)(F)F)c3ccccc32)ccc1Br. The minimum atomic E-state index is -4.51. The van der Waals surface area contributed by atoms with Crippen LogP contribution in [0, 0.1) is 6.92 Å².